The van der Waals surface area contributed by atoms with E-state index in [2.05, 4.69) is 20.8 Å². The Morgan fingerprint density at radius 1 is 0.815 bits per heavy atom. The fourth-order valence-electron chi connectivity index (χ4n) is 3.23. The highest BCUT2D eigenvalue weighted by molar-refractivity contribution is 5.97. The van der Waals surface area contributed by atoms with Crippen molar-refractivity contribution < 1.29 is 14.7 Å². The summed E-state index contributed by atoms with van der Waals surface area (Å²) in [7, 11) is 0. The van der Waals surface area contributed by atoms with Gasteiger partial charge < -0.3 is 14.9 Å². The maximum atomic E-state index is 12.7. The molecular weight excluding hydrogens is 340 g/mol. The molecule has 142 valence electrons. The van der Waals surface area contributed by atoms with Crippen LogP contribution in [-0.4, -0.2) is 52.9 Å². The number of phenols is 1. The maximum absolute atomic E-state index is 12.7. The van der Waals surface area contributed by atoms with Gasteiger partial charge in [0.15, 0.2) is 0 Å². The molecule has 0 radical (unpaired) electrons. The van der Waals surface area contributed by atoms with Crippen molar-refractivity contribution in [3.05, 3.63) is 65.2 Å². The van der Waals surface area contributed by atoms with Crippen LogP contribution in [0.2, 0.25) is 0 Å². The molecular formula is C22H26N2O3. The number of rotatable bonds is 2. The van der Waals surface area contributed by atoms with Gasteiger partial charge in [-0.3, -0.25) is 9.59 Å². The molecule has 0 saturated carbocycles. The highest BCUT2D eigenvalue weighted by atomic mass is 16.3. The molecule has 0 unspecified atom stereocenters. The second-order valence-corrected chi connectivity index (χ2v) is 7.93. The maximum Gasteiger partial charge on any atom is 0.257 e. The standard InChI is InChI=1S/C22H26N2O3/c1-22(2,3)17-10-8-16(9-11-17)20(26)23-12-14-24(15-13-23)21(27)18-6-4-5-7-19(18)25/h4-11,25H,12-15H2,1-3H3. The molecule has 1 saturated heterocycles. The van der Waals surface area contributed by atoms with Crippen molar-refractivity contribution in [2.24, 2.45) is 0 Å². The first kappa shape index (κ1) is 19.0. The zero-order valence-electron chi connectivity index (χ0n) is 16.1. The van der Waals surface area contributed by atoms with E-state index in [4.69, 9.17) is 0 Å². The van der Waals surface area contributed by atoms with Crippen LogP contribution in [0.15, 0.2) is 48.5 Å². The van der Waals surface area contributed by atoms with Crippen LogP contribution in [0.4, 0.5) is 0 Å². The van der Waals surface area contributed by atoms with Gasteiger partial charge in [-0.1, -0.05) is 45.0 Å². The lowest BCUT2D eigenvalue weighted by Gasteiger charge is -2.35. The van der Waals surface area contributed by atoms with E-state index in [9.17, 15) is 14.7 Å². The molecule has 5 heteroatoms. The zero-order chi connectivity index (χ0) is 19.6. The van der Waals surface area contributed by atoms with Crippen molar-refractivity contribution in [3.63, 3.8) is 0 Å². The molecule has 0 aromatic heterocycles. The molecule has 1 aliphatic rings. The average Bonchev–Trinajstić information content (AvgIpc) is 2.67. The third kappa shape index (κ3) is 4.13. The summed E-state index contributed by atoms with van der Waals surface area (Å²) in [6, 6.07) is 14.3. The van der Waals surface area contributed by atoms with Crippen molar-refractivity contribution in [1.29, 1.82) is 0 Å². The number of para-hydroxylation sites is 1. The van der Waals surface area contributed by atoms with Crippen molar-refractivity contribution >= 4 is 11.8 Å². The molecule has 0 spiro atoms. The minimum absolute atomic E-state index is 0.00915. The fraction of sp³-hybridized carbons (Fsp3) is 0.364. The lowest BCUT2D eigenvalue weighted by molar-refractivity contribution is 0.0533. The Morgan fingerprint density at radius 3 is 1.85 bits per heavy atom. The van der Waals surface area contributed by atoms with Crippen molar-refractivity contribution in [1.82, 2.24) is 9.80 Å². The SMILES string of the molecule is CC(C)(C)c1ccc(C(=O)N2CCN(C(=O)c3ccccc3O)CC2)cc1. The number of carbonyl (C=O) groups excluding carboxylic acids is 2. The number of amides is 2. The molecule has 5 nitrogen and oxygen atoms in total. The molecule has 2 amide bonds. The minimum atomic E-state index is -0.199. The molecule has 1 N–H and O–H groups in total. The Morgan fingerprint density at radius 2 is 1.33 bits per heavy atom. The van der Waals surface area contributed by atoms with Gasteiger partial charge in [0.25, 0.3) is 11.8 Å². The summed E-state index contributed by atoms with van der Waals surface area (Å²) >= 11 is 0. The van der Waals surface area contributed by atoms with E-state index >= 15 is 0 Å². The van der Waals surface area contributed by atoms with E-state index < -0.39 is 0 Å². The molecule has 1 aliphatic heterocycles. The average molecular weight is 366 g/mol. The fourth-order valence-corrected chi connectivity index (χ4v) is 3.23. The molecule has 2 aromatic rings. The highest BCUT2D eigenvalue weighted by Gasteiger charge is 2.26. The Balaban J connectivity index is 1.63. The summed E-state index contributed by atoms with van der Waals surface area (Å²) in [4.78, 5) is 28.8. The van der Waals surface area contributed by atoms with Gasteiger partial charge in [0.1, 0.15) is 5.75 Å². The van der Waals surface area contributed by atoms with E-state index in [0.29, 0.717) is 37.3 Å². The van der Waals surface area contributed by atoms with E-state index in [1.165, 1.54) is 11.6 Å². The lowest BCUT2D eigenvalue weighted by atomic mass is 9.86. The second kappa shape index (κ2) is 7.43. The smallest absolute Gasteiger partial charge is 0.257 e. The first-order chi connectivity index (χ1) is 12.8. The van der Waals surface area contributed by atoms with Crippen molar-refractivity contribution in [3.8, 4) is 5.75 Å². The summed E-state index contributed by atoms with van der Waals surface area (Å²) in [6.07, 6.45) is 0. The first-order valence-corrected chi connectivity index (χ1v) is 9.24. The van der Waals surface area contributed by atoms with E-state index in [-0.39, 0.29) is 23.0 Å². The second-order valence-electron chi connectivity index (χ2n) is 7.93. The van der Waals surface area contributed by atoms with Gasteiger partial charge in [0.2, 0.25) is 0 Å². The van der Waals surface area contributed by atoms with Gasteiger partial charge >= 0.3 is 0 Å². The van der Waals surface area contributed by atoms with Gasteiger partial charge in [-0.05, 0) is 35.2 Å². The number of phenolic OH excluding ortho intramolecular Hbond substituents is 1. The predicted molar refractivity (Wildman–Crippen MR) is 105 cm³/mol. The lowest BCUT2D eigenvalue weighted by Crippen LogP contribution is -2.50. The summed E-state index contributed by atoms with van der Waals surface area (Å²) in [5, 5.41) is 9.87. The van der Waals surface area contributed by atoms with Crippen LogP contribution in [0, 0.1) is 0 Å². The monoisotopic (exact) mass is 366 g/mol. The Kier molecular flexibility index (Phi) is 5.22. The summed E-state index contributed by atoms with van der Waals surface area (Å²) in [6.45, 7) is 8.32. The van der Waals surface area contributed by atoms with Crippen LogP contribution < -0.4 is 0 Å². The Hall–Kier alpha value is -2.82. The number of hydrogen-bond donors (Lipinski definition) is 1. The molecule has 3 rings (SSSR count). The normalized spacial score (nSPS) is 14.9. The Bertz CT molecular complexity index is 829. The number of hydrogen-bond acceptors (Lipinski definition) is 3. The summed E-state index contributed by atoms with van der Waals surface area (Å²) < 4.78 is 0. The van der Waals surface area contributed by atoms with Gasteiger partial charge in [-0.2, -0.15) is 0 Å². The first-order valence-electron chi connectivity index (χ1n) is 9.24. The number of nitrogens with zero attached hydrogens (tertiary/aromatic N) is 2. The summed E-state index contributed by atoms with van der Waals surface area (Å²) in [5.41, 5.74) is 2.21. The number of aromatic hydroxyl groups is 1. The molecule has 0 aliphatic carbocycles. The van der Waals surface area contributed by atoms with E-state index in [0.717, 1.165) is 0 Å². The van der Waals surface area contributed by atoms with Crippen LogP contribution in [0.3, 0.4) is 0 Å². The minimum Gasteiger partial charge on any atom is -0.507 e. The van der Waals surface area contributed by atoms with Gasteiger partial charge in [-0.15, -0.1) is 0 Å². The molecule has 0 atom stereocenters. The quantitative estimate of drug-likeness (QED) is 0.887. The van der Waals surface area contributed by atoms with Crippen LogP contribution in [0.5, 0.6) is 5.75 Å². The Labute approximate surface area is 160 Å². The van der Waals surface area contributed by atoms with Crippen molar-refractivity contribution in [2.75, 3.05) is 26.2 Å². The van der Waals surface area contributed by atoms with Crippen LogP contribution >= 0.6 is 0 Å². The number of benzene rings is 2. The van der Waals surface area contributed by atoms with Gasteiger partial charge in [0.05, 0.1) is 5.56 Å². The van der Waals surface area contributed by atoms with Crippen LogP contribution in [0.1, 0.15) is 47.1 Å². The molecule has 1 heterocycles. The predicted octanol–water partition coefficient (Wildman–Crippen LogP) is 3.29. The third-order valence-corrected chi connectivity index (χ3v) is 4.99. The highest BCUT2D eigenvalue weighted by Crippen LogP contribution is 2.23. The molecule has 1 fully saturated rings. The van der Waals surface area contributed by atoms with Gasteiger partial charge in [0, 0.05) is 31.7 Å². The summed E-state index contributed by atoms with van der Waals surface area (Å²) in [5.74, 6) is -0.222. The number of piperazine rings is 1. The molecule has 0 bridgehead atoms. The molecule has 27 heavy (non-hydrogen) atoms. The topological polar surface area (TPSA) is 60.9 Å². The van der Waals surface area contributed by atoms with E-state index in [1.54, 1.807) is 28.0 Å². The number of carbonyl (C=O) groups is 2. The molecule has 2 aromatic carbocycles. The van der Waals surface area contributed by atoms with Crippen LogP contribution in [0.25, 0.3) is 0 Å². The zero-order valence-corrected chi connectivity index (χ0v) is 16.1. The third-order valence-electron chi connectivity index (χ3n) is 4.99. The largest absolute Gasteiger partial charge is 0.507 e. The van der Waals surface area contributed by atoms with Crippen molar-refractivity contribution in [2.45, 2.75) is 26.2 Å². The van der Waals surface area contributed by atoms with Gasteiger partial charge in [-0.25, -0.2) is 0 Å². The van der Waals surface area contributed by atoms with Crippen LogP contribution in [-0.2, 0) is 5.41 Å². The van der Waals surface area contributed by atoms with E-state index in [1.807, 2.05) is 24.3 Å².